The third-order valence-electron chi connectivity index (χ3n) is 8.84. The Bertz CT molecular complexity index is 1580. The summed E-state index contributed by atoms with van der Waals surface area (Å²) in [7, 11) is 0. The van der Waals surface area contributed by atoms with Crippen LogP contribution in [0.2, 0.25) is 0 Å². The molecule has 0 aromatic heterocycles. The fraction of sp³-hybridized carbons (Fsp3) is 0.300. The summed E-state index contributed by atoms with van der Waals surface area (Å²) in [6, 6.07) is 35.5. The molecule has 2 N–H and O–H groups in total. The predicted molar refractivity (Wildman–Crippen MR) is 191 cm³/mol. The largest absolute Gasteiger partial charge is 0.446 e. The number of benzene rings is 4. The number of nitrogens with one attached hydrogen (secondary N) is 2. The fourth-order valence-corrected chi connectivity index (χ4v) is 6.21. The zero-order chi connectivity index (χ0) is 33.0. The summed E-state index contributed by atoms with van der Waals surface area (Å²) in [4.78, 5) is 30.0. The lowest BCUT2D eigenvalue weighted by Crippen LogP contribution is -2.39. The minimum absolute atomic E-state index is 0.109. The Morgan fingerprint density at radius 1 is 0.542 bits per heavy atom. The van der Waals surface area contributed by atoms with Gasteiger partial charge in [-0.1, -0.05) is 109 Å². The number of hydrogen-bond donors (Lipinski definition) is 2. The summed E-state index contributed by atoms with van der Waals surface area (Å²) in [6.45, 7) is 4.77. The van der Waals surface area contributed by atoms with Crippen LogP contribution in [0.4, 0.5) is 21.0 Å². The van der Waals surface area contributed by atoms with E-state index in [9.17, 15) is 9.59 Å². The van der Waals surface area contributed by atoms with Gasteiger partial charge in [-0.15, -0.1) is 0 Å². The molecule has 8 heteroatoms. The highest BCUT2D eigenvalue weighted by Gasteiger charge is 2.24. The highest BCUT2D eigenvalue weighted by Crippen LogP contribution is 2.29. The van der Waals surface area contributed by atoms with Crippen LogP contribution in [0, 0.1) is 11.8 Å². The number of carbonyl (C=O) groups excluding carboxylic acids is 2. The van der Waals surface area contributed by atoms with Gasteiger partial charge in [0.15, 0.2) is 0 Å². The van der Waals surface area contributed by atoms with Crippen LogP contribution < -0.4 is 10.6 Å². The van der Waals surface area contributed by atoms with Gasteiger partial charge < -0.3 is 9.47 Å². The summed E-state index contributed by atoms with van der Waals surface area (Å²) in [5.41, 5.74) is 5.50. The second-order valence-electron chi connectivity index (χ2n) is 12.2. The summed E-state index contributed by atoms with van der Waals surface area (Å²) < 4.78 is 11.5. The molecule has 0 radical (unpaired) electrons. The van der Waals surface area contributed by atoms with Crippen LogP contribution >= 0.6 is 0 Å². The van der Waals surface area contributed by atoms with Crippen LogP contribution in [0.3, 0.4) is 0 Å². The van der Waals surface area contributed by atoms with Gasteiger partial charge in [-0.25, -0.2) is 9.59 Å². The highest BCUT2D eigenvalue weighted by atomic mass is 16.6. The quantitative estimate of drug-likeness (QED) is 0.191. The van der Waals surface area contributed by atoms with Crippen LogP contribution in [0.1, 0.15) is 25.7 Å². The molecule has 0 spiro atoms. The van der Waals surface area contributed by atoms with Gasteiger partial charge in [0.05, 0.1) is 24.5 Å². The standard InChI is InChI=1S/C40H42N4O4/c45-39(41-37-19-9-7-17-35(37)31-13-3-1-4-14-31)47-33-21-27-43(28-22-33)25-11-12-26-44-29-23-34(24-30-44)48-40(46)42-38-20-10-8-18-36(38)32-15-5-2-6-16-32/h1-10,13-20,33-34H,21-30H2,(H,41,45)(H,42,46). The second kappa shape index (κ2) is 16.6. The maximum Gasteiger partial charge on any atom is 0.411 e. The minimum Gasteiger partial charge on any atom is -0.446 e. The third-order valence-corrected chi connectivity index (χ3v) is 8.84. The van der Waals surface area contributed by atoms with Gasteiger partial charge in [0.2, 0.25) is 0 Å². The Morgan fingerprint density at radius 2 is 0.896 bits per heavy atom. The van der Waals surface area contributed by atoms with Crippen molar-refractivity contribution in [3.8, 4) is 34.1 Å². The Balaban J connectivity index is 0.866. The molecule has 8 nitrogen and oxygen atoms in total. The number of carbonyl (C=O) groups is 2. The molecule has 0 bridgehead atoms. The maximum absolute atomic E-state index is 12.7. The Morgan fingerprint density at radius 3 is 1.29 bits per heavy atom. The van der Waals surface area contributed by atoms with E-state index in [0.29, 0.717) is 13.1 Å². The molecule has 48 heavy (non-hydrogen) atoms. The lowest BCUT2D eigenvalue weighted by Gasteiger charge is -2.31. The number of nitrogens with zero attached hydrogens (tertiary/aromatic N) is 2. The topological polar surface area (TPSA) is 83.1 Å². The highest BCUT2D eigenvalue weighted by molar-refractivity contribution is 5.92. The lowest BCUT2D eigenvalue weighted by molar-refractivity contribution is 0.0617. The first kappa shape index (κ1) is 32.8. The van der Waals surface area contributed by atoms with Gasteiger partial charge in [-0.05, 0) is 48.9 Å². The van der Waals surface area contributed by atoms with Crippen molar-refractivity contribution in [2.24, 2.45) is 0 Å². The second-order valence-corrected chi connectivity index (χ2v) is 12.2. The van der Waals surface area contributed by atoms with Crippen molar-refractivity contribution in [3.63, 3.8) is 0 Å². The number of piperidine rings is 2. The molecule has 0 saturated carbocycles. The molecule has 2 aliphatic rings. The molecule has 0 aliphatic carbocycles. The number of para-hydroxylation sites is 2. The first-order valence-electron chi connectivity index (χ1n) is 16.8. The number of ether oxygens (including phenoxy) is 2. The number of hydrogen-bond acceptors (Lipinski definition) is 6. The van der Waals surface area contributed by atoms with Gasteiger partial charge in [-0.2, -0.15) is 0 Å². The summed E-state index contributed by atoms with van der Waals surface area (Å²) in [5.74, 6) is 6.64. The summed E-state index contributed by atoms with van der Waals surface area (Å²) in [5, 5.41) is 5.88. The first-order chi connectivity index (χ1) is 23.6. The van der Waals surface area contributed by atoms with Crippen molar-refractivity contribution in [2.75, 3.05) is 49.9 Å². The van der Waals surface area contributed by atoms with Crippen LogP contribution in [0.15, 0.2) is 109 Å². The first-order valence-corrected chi connectivity index (χ1v) is 16.8. The number of likely N-dealkylation sites (tertiary alicyclic amines) is 2. The van der Waals surface area contributed by atoms with Crippen LogP contribution in [0.25, 0.3) is 22.3 Å². The Kier molecular flexibility index (Phi) is 11.4. The zero-order valence-electron chi connectivity index (χ0n) is 27.1. The van der Waals surface area contributed by atoms with Crippen molar-refractivity contribution in [1.29, 1.82) is 0 Å². The van der Waals surface area contributed by atoms with Crippen molar-refractivity contribution in [1.82, 2.24) is 9.80 Å². The summed E-state index contributed by atoms with van der Waals surface area (Å²) >= 11 is 0. The molecule has 0 atom stereocenters. The number of anilines is 2. The van der Waals surface area contributed by atoms with E-state index in [0.717, 1.165) is 85.5 Å². The molecule has 6 rings (SSSR count). The van der Waals surface area contributed by atoms with E-state index in [-0.39, 0.29) is 12.2 Å². The SMILES string of the molecule is O=C(Nc1ccccc1-c1ccccc1)OC1CCN(CC#CCN2CCC(OC(=O)Nc3ccccc3-c3ccccc3)CC2)CC1. The van der Waals surface area contributed by atoms with Crippen LogP contribution in [0.5, 0.6) is 0 Å². The predicted octanol–water partition coefficient (Wildman–Crippen LogP) is 7.75. The van der Waals surface area contributed by atoms with E-state index in [1.807, 2.05) is 109 Å². The molecule has 2 amide bonds. The zero-order valence-corrected chi connectivity index (χ0v) is 27.1. The van der Waals surface area contributed by atoms with Gasteiger partial charge in [0.1, 0.15) is 12.2 Å². The van der Waals surface area contributed by atoms with E-state index in [1.165, 1.54) is 0 Å². The molecule has 4 aromatic rings. The molecule has 246 valence electrons. The third kappa shape index (κ3) is 9.25. The molecule has 2 fully saturated rings. The fourth-order valence-electron chi connectivity index (χ4n) is 6.21. The van der Waals surface area contributed by atoms with Crippen molar-refractivity contribution < 1.29 is 19.1 Å². The minimum atomic E-state index is -0.417. The smallest absolute Gasteiger partial charge is 0.411 e. The van der Waals surface area contributed by atoms with E-state index >= 15 is 0 Å². The van der Waals surface area contributed by atoms with E-state index in [4.69, 9.17) is 9.47 Å². The van der Waals surface area contributed by atoms with E-state index in [2.05, 4.69) is 32.3 Å². The monoisotopic (exact) mass is 642 g/mol. The van der Waals surface area contributed by atoms with E-state index in [1.54, 1.807) is 0 Å². The lowest BCUT2D eigenvalue weighted by atomic mass is 10.0. The molecule has 2 heterocycles. The molecular weight excluding hydrogens is 600 g/mol. The van der Waals surface area contributed by atoms with Gasteiger partial charge in [0, 0.05) is 37.3 Å². The number of amides is 2. The van der Waals surface area contributed by atoms with Crippen LogP contribution in [-0.2, 0) is 9.47 Å². The average molecular weight is 643 g/mol. The summed E-state index contributed by atoms with van der Waals surface area (Å²) in [6.07, 6.45) is 2.09. The number of rotatable bonds is 8. The van der Waals surface area contributed by atoms with Crippen molar-refractivity contribution >= 4 is 23.6 Å². The average Bonchev–Trinajstić information content (AvgIpc) is 3.12. The normalized spacial score (nSPS) is 15.9. The molecular formula is C40H42N4O4. The molecule has 4 aromatic carbocycles. The van der Waals surface area contributed by atoms with Gasteiger partial charge >= 0.3 is 12.2 Å². The van der Waals surface area contributed by atoms with Crippen LogP contribution in [-0.4, -0.2) is 73.5 Å². The molecule has 2 aliphatic heterocycles. The molecule has 0 unspecified atom stereocenters. The van der Waals surface area contributed by atoms with Crippen molar-refractivity contribution in [3.05, 3.63) is 109 Å². The molecule has 2 saturated heterocycles. The maximum atomic E-state index is 12.7. The Labute approximate surface area is 283 Å². The van der Waals surface area contributed by atoms with Gasteiger partial charge in [0.25, 0.3) is 0 Å². The van der Waals surface area contributed by atoms with Gasteiger partial charge in [-0.3, -0.25) is 20.4 Å². The van der Waals surface area contributed by atoms with E-state index < -0.39 is 12.2 Å². The van der Waals surface area contributed by atoms with Crippen molar-refractivity contribution in [2.45, 2.75) is 37.9 Å². The Hall–Kier alpha value is -5.10.